The average Bonchev–Trinajstić information content (AvgIpc) is 2.75. The zero-order valence-corrected chi connectivity index (χ0v) is 17.2. The first-order chi connectivity index (χ1) is 14.2. The minimum Gasteiger partial charge on any atom is -0.206 e. The molecule has 0 heterocycles. The van der Waals surface area contributed by atoms with Crippen molar-refractivity contribution in [2.45, 2.75) is 37.5 Å². The molecule has 3 aromatic carbocycles. The number of benzene rings is 3. The quantitative estimate of drug-likeness (QED) is 0.189. The molecule has 3 aromatic rings. The molecule has 0 aromatic heterocycles. The molecule has 0 saturated heterocycles. The SMILES string of the molecule is CCCCCc1ccc(C#Cc2ccc(-c3ccc(SC#N)cc3)cc2)c(F)c1. The summed E-state index contributed by atoms with van der Waals surface area (Å²) in [5.41, 5.74) is 4.46. The van der Waals surface area contributed by atoms with E-state index in [-0.39, 0.29) is 5.82 Å². The highest BCUT2D eigenvalue weighted by Gasteiger charge is 2.02. The van der Waals surface area contributed by atoms with Crippen LogP contribution in [0, 0.1) is 28.3 Å². The number of rotatable bonds is 6. The van der Waals surface area contributed by atoms with E-state index in [4.69, 9.17) is 5.26 Å². The fraction of sp³-hybridized carbons (Fsp3) is 0.192. The topological polar surface area (TPSA) is 23.8 Å². The van der Waals surface area contributed by atoms with Gasteiger partial charge in [0.15, 0.2) is 0 Å². The summed E-state index contributed by atoms with van der Waals surface area (Å²) in [5, 5.41) is 10.8. The van der Waals surface area contributed by atoms with Crippen LogP contribution >= 0.6 is 11.8 Å². The number of halogens is 1. The van der Waals surface area contributed by atoms with Crippen LogP contribution < -0.4 is 0 Å². The van der Waals surface area contributed by atoms with Gasteiger partial charge in [0.25, 0.3) is 0 Å². The fourth-order valence-electron chi connectivity index (χ4n) is 3.05. The molecular formula is C26H22FNS. The van der Waals surface area contributed by atoms with Crippen LogP contribution in [0.5, 0.6) is 0 Å². The predicted molar refractivity (Wildman–Crippen MR) is 119 cm³/mol. The minimum absolute atomic E-state index is 0.251. The lowest BCUT2D eigenvalue weighted by Crippen LogP contribution is -1.90. The first-order valence-electron chi connectivity index (χ1n) is 9.76. The van der Waals surface area contributed by atoms with Crippen molar-refractivity contribution >= 4 is 11.8 Å². The van der Waals surface area contributed by atoms with E-state index in [1.807, 2.05) is 54.6 Å². The number of hydrogen-bond donors (Lipinski definition) is 0. The van der Waals surface area contributed by atoms with E-state index in [1.165, 1.54) is 6.42 Å². The molecule has 0 bridgehead atoms. The average molecular weight is 400 g/mol. The highest BCUT2D eigenvalue weighted by molar-refractivity contribution is 8.03. The van der Waals surface area contributed by atoms with Gasteiger partial charge in [-0.3, -0.25) is 0 Å². The first-order valence-corrected chi connectivity index (χ1v) is 10.6. The maximum atomic E-state index is 14.3. The zero-order chi connectivity index (χ0) is 20.5. The van der Waals surface area contributed by atoms with Crippen LogP contribution in [0.1, 0.15) is 42.9 Å². The minimum atomic E-state index is -0.251. The summed E-state index contributed by atoms with van der Waals surface area (Å²) in [4.78, 5) is 0.928. The third-order valence-electron chi connectivity index (χ3n) is 4.68. The first kappa shape index (κ1) is 20.7. The maximum absolute atomic E-state index is 14.3. The number of nitrogens with zero attached hydrogens (tertiary/aromatic N) is 1. The Morgan fingerprint density at radius 2 is 1.55 bits per heavy atom. The van der Waals surface area contributed by atoms with Crippen LogP contribution in [0.2, 0.25) is 0 Å². The Balaban J connectivity index is 1.69. The summed E-state index contributed by atoms with van der Waals surface area (Å²) in [5.74, 6) is 5.74. The molecule has 0 aliphatic rings. The van der Waals surface area contributed by atoms with Gasteiger partial charge < -0.3 is 0 Å². The monoisotopic (exact) mass is 399 g/mol. The number of thiocyanates is 1. The molecule has 0 atom stereocenters. The van der Waals surface area contributed by atoms with Crippen molar-refractivity contribution in [2.75, 3.05) is 0 Å². The van der Waals surface area contributed by atoms with Gasteiger partial charge in [0.05, 0.1) is 5.56 Å². The molecule has 3 heteroatoms. The third kappa shape index (κ3) is 5.98. The standard InChI is InChI=1S/C26H22FNS/c1-2-3-4-5-21-9-13-24(26(27)18-21)12-8-20-6-10-22(11-7-20)23-14-16-25(17-15-23)29-19-28/h6-7,9-11,13-18H,2-5H2,1H3. The van der Waals surface area contributed by atoms with E-state index >= 15 is 0 Å². The normalized spacial score (nSPS) is 10.1. The van der Waals surface area contributed by atoms with Crippen molar-refractivity contribution in [1.82, 2.24) is 0 Å². The molecule has 0 unspecified atom stereocenters. The van der Waals surface area contributed by atoms with Gasteiger partial charge in [0, 0.05) is 10.5 Å². The van der Waals surface area contributed by atoms with Crippen LogP contribution in [-0.4, -0.2) is 0 Å². The van der Waals surface area contributed by atoms with Gasteiger partial charge in [0.2, 0.25) is 0 Å². The van der Waals surface area contributed by atoms with Crippen LogP contribution in [-0.2, 0) is 6.42 Å². The molecule has 0 aliphatic carbocycles. The van der Waals surface area contributed by atoms with Crippen molar-refractivity contribution in [1.29, 1.82) is 5.26 Å². The van der Waals surface area contributed by atoms with E-state index in [0.717, 1.165) is 58.2 Å². The molecule has 0 aliphatic heterocycles. The van der Waals surface area contributed by atoms with Gasteiger partial charge >= 0.3 is 0 Å². The Labute approximate surface area is 176 Å². The summed E-state index contributed by atoms with van der Waals surface area (Å²) in [6, 6.07) is 21.1. The second kappa shape index (κ2) is 10.5. The lowest BCUT2D eigenvalue weighted by molar-refractivity contribution is 0.619. The highest BCUT2D eigenvalue weighted by Crippen LogP contribution is 2.24. The second-order valence-electron chi connectivity index (χ2n) is 6.82. The summed E-state index contributed by atoms with van der Waals surface area (Å²) in [6.45, 7) is 2.16. The van der Waals surface area contributed by atoms with E-state index in [1.54, 1.807) is 12.1 Å². The Bertz CT molecular complexity index is 1050. The van der Waals surface area contributed by atoms with Crippen molar-refractivity contribution in [2.24, 2.45) is 0 Å². The van der Waals surface area contributed by atoms with Crippen molar-refractivity contribution < 1.29 is 4.39 Å². The van der Waals surface area contributed by atoms with Crippen LogP contribution in [0.25, 0.3) is 11.1 Å². The van der Waals surface area contributed by atoms with E-state index < -0.39 is 0 Å². The van der Waals surface area contributed by atoms with E-state index in [0.29, 0.717) is 5.56 Å². The molecule has 0 fully saturated rings. The molecule has 3 rings (SSSR count). The van der Waals surface area contributed by atoms with Gasteiger partial charge in [-0.15, -0.1) is 0 Å². The van der Waals surface area contributed by atoms with Gasteiger partial charge in [-0.1, -0.05) is 61.9 Å². The van der Waals surface area contributed by atoms with Gasteiger partial charge in [-0.05, 0) is 77.7 Å². The van der Waals surface area contributed by atoms with Crippen LogP contribution in [0.15, 0.2) is 71.6 Å². The van der Waals surface area contributed by atoms with Gasteiger partial charge in [-0.25, -0.2) is 4.39 Å². The Morgan fingerprint density at radius 1 is 0.862 bits per heavy atom. The second-order valence-corrected chi connectivity index (χ2v) is 7.67. The molecule has 1 nitrogen and oxygen atoms in total. The van der Waals surface area contributed by atoms with Gasteiger partial charge in [0.1, 0.15) is 11.2 Å². The number of thioether (sulfide) groups is 1. The molecular weight excluding hydrogens is 377 g/mol. The fourth-order valence-corrected chi connectivity index (χ4v) is 3.43. The Morgan fingerprint density at radius 3 is 2.17 bits per heavy atom. The Kier molecular flexibility index (Phi) is 7.51. The van der Waals surface area contributed by atoms with Crippen molar-refractivity contribution in [3.8, 4) is 28.4 Å². The summed E-state index contributed by atoms with van der Waals surface area (Å²) >= 11 is 1.15. The van der Waals surface area contributed by atoms with Gasteiger partial charge in [-0.2, -0.15) is 5.26 Å². The third-order valence-corrected chi connectivity index (χ3v) is 5.28. The van der Waals surface area contributed by atoms with E-state index in [9.17, 15) is 4.39 Å². The highest BCUT2D eigenvalue weighted by atomic mass is 32.2. The molecule has 0 amide bonds. The smallest absolute Gasteiger partial charge is 0.139 e. The zero-order valence-electron chi connectivity index (χ0n) is 16.4. The molecule has 0 radical (unpaired) electrons. The lowest BCUT2D eigenvalue weighted by atomic mass is 10.0. The van der Waals surface area contributed by atoms with Crippen molar-refractivity contribution in [3.63, 3.8) is 0 Å². The maximum Gasteiger partial charge on any atom is 0.139 e. The van der Waals surface area contributed by atoms with Crippen LogP contribution in [0.4, 0.5) is 4.39 Å². The molecule has 29 heavy (non-hydrogen) atoms. The number of hydrogen-bond acceptors (Lipinski definition) is 2. The Hall–Kier alpha value is -3.01. The van der Waals surface area contributed by atoms with Crippen LogP contribution in [0.3, 0.4) is 0 Å². The number of nitriles is 1. The number of aryl methyl sites for hydroxylation is 1. The lowest BCUT2D eigenvalue weighted by Gasteiger charge is -2.03. The predicted octanol–water partition coefficient (Wildman–Crippen LogP) is 7.20. The molecule has 0 N–H and O–H groups in total. The number of unbranched alkanes of at least 4 members (excludes halogenated alkanes) is 2. The summed E-state index contributed by atoms with van der Waals surface area (Å²) in [7, 11) is 0. The molecule has 144 valence electrons. The summed E-state index contributed by atoms with van der Waals surface area (Å²) < 4.78 is 14.3. The molecule has 0 spiro atoms. The molecule has 0 saturated carbocycles. The largest absolute Gasteiger partial charge is 0.206 e. The summed E-state index contributed by atoms with van der Waals surface area (Å²) in [6.07, 6.45) is 4.34. The van der Waals surface area contributed by atoms with E-state index in [2.05, 4.69) is 24.2 Å². The van der Waals surface area contributed by atoms with Crippen molar-refractivity contribution in [3.05, 3.63) is 89.2 Å².